The molecule has 6 nitrogen and oxygen atoms in total. The van der Waals surface area contributed by atoms with E-state index in [0.717, 1.165) is 5.75 Å². The lowest BCUT2D eigenvalue weighted by molar-refractivity contribution is -0.117. The van der Waals surface area contributed by atoms with Gasteiger partial charge in [-0.25, -0.2) is 0 Å². The van der Waals surface area contributed by atoms with Crippen molar-refractivity contribution in [2.75, 3.05) is 5.01 Å². The van der Waals surface area contributed by atoms with E-state index >= 15 is 0 Å². The normalized spacial score (nSPS) is 16.5. The van der Waals surface area contributed by atoms with Crippen LogP contribution < -0.4 is 9.75 Å². The van der Waals surface area contributed by atoms with E-state index in [1.54, 1.807) is 19.1 Å². The fourth-order valence-corrected chi connectivity index (χ4v) is 2.77. The summed E-state index contributed by atoms with van der Waals surface area (Å²) in [5, 5.41) is 14.1. The lowest BCUT2D eigenvalue weighted by Crippen LogP contribution is -2.29. The summed E-state index contributed by atoms with van der Waals surface area (Å²) >= 11 is 0. The number of amides is 1. The number of hydrazone groups is 1. The van der Waals surface area contributed by atoms with Crippen LogP contribution in [0.1, 0.15) is 6.92 Å². The molecule has 3 aromatic carbocycles. The second kappa shape index (κ2) is 7.84. The van der Waals surface area contributed by atoms with Gasteiger partial charge >= 0.3 is 0 Å². The molecule has 0 N–H and O–H groups in total. The predicted molar refractivity (Wildman–Crippen MR) is 108 cm³/mol. The number of carbonyl (C=O) groups excluding carboxylic acids is 1. The molecular formula is C22H18N4O2. The first-order chi connectivity index (χ1) is 13.7. The van der Waals surface area contributed by atoms with Crippen molar-refractivity contribution < 1.29 is 9.53 Å². The van der Waals surface area contributed by atoms with Gasteiger partial charge in [-0.15, -0.1) is 0 Å². The topological polar surface area (TPSA) is 66.6 Å². The van der Waals surface area contributed by atoms with E-state index in [0.29, 0.717) is 22.8 Å². The standard InChI is InChI=1S/C22H18N4O2/c1-16-21(22(27)26(25-16)18-8-4-2-5-9-18)24-23-17-12-14-20(15-13-17)28-19-10-6-3-7-11-19/h2-15,21H,1H3/t21-/m1/s1. The molecule has 6 heteroatoms. The van der Waals surface area contributed by atoms with Gasteiger partial charge < -0.3 is 4.74 Å². The molecule has 4 rings (SSSR count). The summed E-state index contributed by atoms with van der Waals surface area (Å²) in [5.74, 6) is 1.26. The molecular weight excluding hydrogens is 352 g/mol. The van der Waals surface area contributed by atoms with Gasteiger partial charge in [-0.05, 0) is 55.5 Å². The van der Waals surface area contributed by atoms with Crippen molar-refractivity contribution in [1.82, 2.24) is 0 Å². The van der Waals surface area contributed by atoms with E-state index in [1.807, 2.05) is 72.8 Å². The van der Waals surface area contributed by atoms with Crippen LogP contribution in [0.15, 0.2) is 100 Å². The minimum absolute atomic E-state index is 0.212. The third-order valence-corrected chi connectivity index (χ3v) is 4.20. The Balaban J connectivity index is 1.44. The average molecular weight is 370 g/mol. The Bertz CT molecular complexity index is 1020. The van der Waals surface area contributed by atoms with Crippen molar-refractivity contribution in [2.24, 2.45) is 15.3 Å². The number of nitrogens with zero attached hydrogens (tertiary/aromatic N) is 4. The first-order valence-electron chi connectivity index (χ1n) is 8.89. The first kappa shape index (κ1) is 17.6. The Morgan fingerprint density at radius 3 is 2.14 bits per heavy atom. The molecule has 0 aromatic heterocycles. The van der Waals surface area contributed by atoms with Crippen molar-refractivity contribution in [2.45, 2.75) is 13.0 Å². The summed E-state index contributed by atoms with van der Waals surface area (Å²) in [6, 6.07) is 25.3. The smallest absolute Gasteiger partial charge is 0.280 e. The molecule has 138 valence electrons. The van der Waals surface area contributed by atoms with Crippen LogP contribution in [0, 0.1) is 0 Å². The van der Waals surface area contributed by atoms with Gasteiger partial charge in [0.05, 0.1) is 17.1 Å². The number of hydrogen-bond acceptors (Lipinski definition) is 5. The summed E-state index contributed by atoms with van der Waals surface area (Å²) in [7, 11) is 0. The summed E-state index contributed by atoms with van der Waals surface area (Å²) in [6.07, 6.45) is 0. The van der Waals surface area contributed by atoms with Gasteiger partial charge in [0.25, 0.3) is 5.91 Å². The van der Waals surface area contributed by atoms with E-state index in [-0.39, 0.29) is 5.91 Å². The molecule has 1 aliphatic heterocycles. The quantitative estimate of drug-likeness (QED) is 0.568. The lowest BCUT2D eigenvalue weighted by atomic mass is 10.2. The highest BCUT2D eigenvalue weighted by atomic mass is 16.5. The predicted octanol–water partition coefficient (Wildman–Crippen LogP) is 5.35. The lowest BCUT2D eigenvalue weighted by Gasteiger charge is -2.11. The minimum Gasteiger partial charge on any atom is -0.457 e. The zero-order valence-corrected chi connectivity index (χ0v) is 15.3. The molecule has 3 aromatic rings. The van der Waals surface area contributed by atoms with Gasteiger partial charge in [-0.3, -0.25) is 4.79 Å². The maximum Gasteiger partial charge on any atom is 0.280 e. The number of benzene rings is 3. The van der Waals surface area contributed by atoms with Crippen molar-refractivity contribution in [3.8, 4) is 11.5 Å². The van der Waals surface area contributed by atoms with Gasteiger partial charge in [0.15, 0.2) is 6.04 Å². The maximum absolute atomic E-state index is 12.6. The van der Waals surface area contributed by atoms with Crippen LogP contribution >= 0.6 is 0 Å². The fourth-order valence-electron chi connectivity index (χ4n) is 2.77. The Labute approximate surface area is 162 Å². The fraction of sp³-hybridized carbons (Fsp3) is 0.0909. The van der Waals surface area contributed by atoms with Crippen molar-refractivity contribution in [3.63, 3.8) is 0 Å². The molecule has 1 heterocycles. The van der Waals surface area contributed by atoms with Gasteiger partial charge in [0.1, 0.15) is 11.5 Å². The molecule has 0 fully saturated rings. The molecule has 0 saturated carbocycles. The summed E-state index contributed by atoms with van der Waals surface area (Å²) in [4.78, 5) is 12.6. The maximum atomic E-state index is 12.6. The number of hydrogen-bond donors (Lipinski definition) is 0. The van der Waals surface area contributed by atoms with Crippen LogP contribution in [0.5, 0.6) is 11.5 Å². The molecule has 0 aliphatic carbocycles. The van der Waals surface area contributed by atoms with Crippen LogP contribution in [0.3, 0.4) is 0 Å². The SMILES string of the molecule is CC1=NN(c2ccccc2)C(=O)[C@@H]1N=Nc1ccc(Oc2ccccc2)cc1. The van der Waals surface area contributed by atoms with Crippen molar-refractivity contribution >= 4 is 23.0 Å². The molecule has 0 unspecified atom stereocenters. The summed E-state index contributed by atoms with van der Waals surface area (Å²) in [5.41, 5.74) is 1.97. The minimum atomic E-state index is -0.708. The Morgan fingerprint density at radius 1 is 0.857 bits per heavy atom. The summed E-state index contributed by atoms with van der Waals surface area (Å²) in [6.45, 7) is 1.78. The van der Waals surface area contributed by atoms with E-state index < -0.39 is 6.04 Å². The molecule has 1 amide bonds. The Hall–Kier alpha value is -3.80. The third-order valence-electron chi connectivity index (χ3n) is 4.20. The first-order valence-corrected chi connectivity index (χ1v) is 8.89. The molecule has 1 aliphatic rings. The summed E-state index contributed by atoms with van der Waals surface area (Å²) < 4.78 is 5.76. The highest BCUT2D eigenvalue weighted by molar-refractivity contribution is 6.18. The number of carbonyl (C=O) groups is 1. The van der Waals surface area contributed by atoms with Crippen LogP contribution in [0.4, 0.5) is 11.4 Å². The molecule has 1 atom stereocenters. The Morgan fingerprint density at radius 2 is 1.46 bits per heavy atom. The van der Waals surface area contributed by atoms with Crippen LogP contribution in [-0.4, -0.2) is 17.7 Å². The van der Waals surface area contributed by atoms with E-state index in [2.05, 4.69) is 15.3 Å². The molecule has 0 saturated heterocycles. The molecule has 0 bridgehead atoms. The average Bonchev–Trinajstić information content (AvgIpc) is 3.02. The van der Waals surface area contributed by atoms with Crippen molar-refractivity contribution in [1.29, 1.82) is 0 Å². The highest BCUT2D eigenvalue weighted by Gasteiger charge is 2.34. The number of ether oxygens (including phenoxy) is 1. The molecule has 28 heavy (non-hydrogen) atoms. The van der Waals surface area contributed by atoms with Gasteiger partial charge in [0, 0.05) is 0 Å². The van der Waals surface area contributed by atoms with Gasteiger partial charge in [-0.2, -0.15) is 20.3 Å². The number of azo groups is 1. The zero-order chi connectivity index (χ0) is 19.3. The Kier molecular flexibility index (Phi) is 4.93. The van der Waals surface area contributed by atoms with Crippen molar-refractivity contribution in [3.05, 3.63) is 84.9 Å². The van der Waals surface area contributed by atoms with Gasteiger partial charge in [-0.1, -0.05) is 36.4 Å². The number of rotatable bonds is 5. The monoisotopic (exact) mass is 370 g/mol. The van der Waals surface area contributed by atoms with E-state index in [4.69, 9.17) is 4.74 Å². The van der Waals surface area contributed by atoms with E-state index in [1.165, 1.54) is 5.01 Å². The molecule has 0 spiro atoms. The van der Waals surface area contributed by atoms with E-state index in [9.17, 15) is 4.79 Å². The highest BCUT2D eigenvalue weighted by Crippen LogP contribution is 2.26. The number of para-hydroxylation sites is 2. The number of anilines is 1. The van der Waals surface area contributed by atoms with Gasteiger partial charge in [0.2, 0.25) is 0 Å². The zero-order valence-electron chi connectivity index (χ0n) is 15.3. The van der Waals surface area contributed by atoms with Crippen LogP contribution in [0.2, 0.25) is 0 Å². The third kappa shape index (κ3) is 3.81. The second-order valence-corrected chi connectivity index (χ2v) is 6.25. The van der Waals surface area contributed by atoms with Crippen LogP contribution in [-0.2, 0) is 4.79 Å². The van der Waals surface area contributed by atoms with Crippen LogP contribution in [0.25, 0.3) is 0 Å². The second-order valence-electron chi connectivity index (χ2n) is 6.25. The molecule has 0 radical (unpaired) electrons. The largest absolute Gasteiger partial charge is 0.457 e.